The van der Waals surface area contributed by atoms with E-state index in [1.165, 1.54) is 31.5 Å². The first kappa shape index (κ1) is 28.4. The Hall–Kier alpha value is -5.14. The topological polar surface area (TPSA) is 99.3 Å². The van der Waals surface area contributed by atoms with Gasteiger partial charge in [-0.1, -0.05) is 18.2 Å². The minimum Gasteiger partial charge on any atom is -0.472 e. The minimum atomic E-state index is -0.569. The molecule has 5 aromatic rings. The molecule has 0 spiro atoms. The average Bonchev–Trinajstić information content (AvgIpc) is 3.35. The lowest BCUT2D eigenvalue weighted by Crippen LogP contribution is -2.09. The van der Waals surface area contributed by atoms with Crippen molar-refractivity contribution in [1.29, 1.82) is 5.26 Å². The van der Waals surface area contributed by atoms with E-state index in [-0.39, 0.29) is 29.2 Å². The summed E-state index contributed by atoms with van der Waals surface area (Å²) in [6, 6.07) is 19.4. The van der Waals surface area contributed by atoms with Gasteiger partial charge in [0.05, 0.1) is 41.9 Å². The number of esters is 1. The van der Waals surface area contributed by atoms with Crippen molar-refractivity contribution in [3.05, 3.63) is 113 Å². The average molecular weight is 569 g/mol. The Morgan fingerprint density at radius 3 is 2.60 bits per heavy atom. The second kappa shape index (κ2) is 12.6. The monoisotopic (exact) mass is 568 g/mol. The highest BCUT2D eigenvalue weighted by atomic mass is 19.1. The number of carbonyl (C=O) groups is 1. The molecular formula is C32H26F2N4O4. The number of methoxy groups -OCH3 is 2. The number of hydrogen-bond acceptors (Lipinski definition) is 7. The molecule has 212 valence electrons. The maximum atomic E-state index is 15.5. The smallest absolute Gasteiger partial charge is 0.337 e. The fourth-order valence-corrected chi connectivity index (χ4v) is 4.64. The van der Waals surface area contributed by atoms with Crippen LogP contribution in [-0.4, -0.2) is 41.3 Å². The first-order valence-electron chi connectivity index (χ1n) is 13.0. The molecule has 0 bridgehead atoms. The van der Waals surface area contributed by atoms with Crippen LogP contribution in [0.5, 0.6) is 5.88 Å². The number of benzene rings is 3. The minimum absolute atomic E-state index is 0.142. The maximum Gasteiger partial charge on any atom is 0.337 e. The Morgan fingerprint density at radius 2 is 1.86 bits per heavy atom. The predicted molar refractivity (Wildman–Crippen MR) is 151 cm³/mol. The van der Waals surface area contributed by atoms with E-state index in [0.717, 1.165) is 11.6 Å². The molecule has 2 heterocycles. The SMILES string of the molecule is COCCn1c(Cc2ccc(-c3cccnc3OCc3ccc(C#N)cc3F)c(F)c2)nc2ccc(C(=O)OC)cc21. The molecule has 2 aromatic heterocycles. The summed E-state index contributed by atoms with van der Waals surface area (Å²) in [6.45, 7) is 0.769. The van der Waals surface area contributed by atoms with Crippen molar-refractivity contribution in [2.75, 3.05) is 20.8 Å². The van der Waals surface area contributed by atoms with Crippen molar-refractivity contribution in [2.24, 2.45) is 0 Å². The number of imidazole rings is 1. The Kier molecular flexibility index (Phi) is 8.50. The lowest BCUT2D eigenvalue weighted by molar-refractivity contribution is 0.0601. The number of aromatic nitrogens is 3. The maximum absolute atomic E-state index is 15.5. The Balaban J connectivity index is 1.41. The first-order valence-corrected chi connectivity index (χ1v) is 13.0. The molecule has 0 unspecified atom stereocenters. The van der Waals surface area contributed by atoms with Gasteiger partial charge in [-0.2, -0.15) is 5.26 Å². The molecule has 10 heteroatoms. The van der Waals surface area contributed by atoms with E-state index in [9.17, 15) is 9.18 Å². The number of halogens is 2. The standard InChI is InChI=1S/C32H26F2N4O4/c1-40-13-12-38-29-17-22(32(39)41-2)8-10-28(29)37-30(38)16-20-6-9-24(27(34)14-20)25-4-3-11-36-31(25)42-19-23-7-5-21(18-35)15-26(23)33/h3-11,14-15,17H,12-13,16,19H2,1-2H3. The molecule has 0 amide bonds. The van der Waals surface area contributed by atoms with Gasteiger partial charge in [-0.15, -0.1) is 0 Å². The van der Waals surface area contributed by atoms with E-state index in [1.54, 1.807) is 49.6 Å². The van der Waals surface area contributed by atoms with Gasteiger partial charge in [0, 0.05) is 43.0 Å². The van der Waals surface area contributed by atoms with Crippen molar-refractivity contribution in [3.8, 4) is 23.1 Å². The Labute approximate surface area is 240 Å². The molecule has 0 radical (unpaired) electrons. The van der Waals surface area contributed by atoms with Crippen molar-refractivity contribution in [2.45, 2.75) is 19.6 Å². The lowest BCUT2D eigenvalue weighted by Gasteiger charge is -2.13. The van der Waals surface area contributed by atoms with Crippen LogP contribution in [0.15, 0.2) is 72.9 Å². The fraction of sp³-hybridized carbons (Fsp3) is 0.188. The number of carbonyl (C=O) groups excluding carboxylic acids is 1. The summed E-state index contributed by atoms with van der Waals surface area (Å²) in [7, 11) is 2.93. The normalized spacial score (nSPS) is 10.9. The lowest BCUT2D eigenvalue weighted by atomic mass is 10.0. The number of nitriles is 1. The number of fused-ring (bicyclic) bond motifs is 1. The van der Waals surface area contributed by atoms with E-state index in [2.05, 4.69) is 4.98 Å². The molecule has 0 saturated heterocycles. The zero-order chi connectivity index (χ0) is 29.6. The highest BCUT2D eigenvalue weighted by Gasteiger charge is 2.17. The van der Waals surface area contributed by atoms with Crippen LogP contribution in [0.4, 0.5) is 8.78 Å². The van der Waals surface area contributed by atoms with Crippen LogP contribution in [0, 0.1) is 23.0 Å². The Morgan fingerprint density at radius 1 is 1.00 bits per heavy atom. The number of rotatable bonds is 10. The van der Waals surface area contributed by atoms with E-state index in [4.69, 9.17) is 24.5 Å². The fourth-order valence-electron chi connectivity index (χ4n) is 4.64. The summed E-state index contributed by atoms with van der Waals surface area (Å²) in [4.78, 5) is 21.1. The van der Waals surface area contributed by atoms with Gasteiger partial charge >= 0.3 is 5.97 Å². The summed E-state index contributed by atoms with van der Waals surface area (Å²) in [5.74, 6) is -0.666. The second-order valence-corrected chi connectivity index (χ2v) is 9.42. The Bertz CT molecular complexity index is 1810. The van der Waals surface area contributed by atoms with Gasteiger partial charge in [0.1, 0.15) is 24.1 Å². The van der Waals surface area contributed by atoms with Crippen molar-refractivity contribution in [3.63, 3.8) is 0 Å². The summed E-state index contributed by atoms with van der Waals surface area (Å²) < 4.78 is 47.7. The van der Waals surface area contributed by atoms with Crippen LogP contribution in [0.2, 0.25) is 0 Å². The van der Waals surface area contributed by atoms with Crippen molar-refractivity contribution in [1.82, 2.24) is 14.5 Å². The van der Waals surface area contributed by atoms with Gasteiger partial charge in [0.2, 0.25) is 5.88 Å². The molecule has 0 N–H and O–H groups in total. The molecule has 0 aliphatic heterocycles. The van der Waals surface area contributed by atoms with Crippen molar-refractivity contribution < 1.29 is 27.8 Å². The summed E-state index contributed by atoms with van der Waals surface area (Å²) in [5, 5.41) is 8.95. The third-order valence-electron chi connectivity index (χ3n) is 6.77. The largest absolute Gasteiger partial charge is 0.472 e. The zero-order valence-electron chi connectivity index (χ0n) is 22.9. The summed E-state index contributed by atoms with van der Waals surface area (Å²) in [6.07, 6.45) is 1.84. The summed E-state index contributed by atoms with van der Waals surface area (Å²) >= 11 is 0. The number of nitrogens with zero attached hydrogens (tertiary/aromatic N) is 4. The van der Waals surface area contributed by atoms with E-state index >= 15 is 4.39 Å². The number of hydrogen-bond donors (Lipinski definition) is 0. The molecule has 0 aliphatic carbocycles. The predicted octanol–water partition coefficient (Wildman–Crippen LogP) is 5.85. The van der Waals surface area contributed by atoms with Gasteiger partial charge in [0.25, 0.3) is 0 Å². The van der Waals surface area contributed by atoms with Gasteiger partial charge in [-0.25, -0.2) is 23.5 Å². The van der Waals surface area contributed by atoms with E-state index < -0.39 is 17.6 Å². The van der Waals surface area contributed by atoms with Crippen molar-refractivity contribution >= 4 is 17.0 Å². The molecule has 3 aromatic carbocycles. The molecule has 0 atom stereocenters. The zero-order valence-corrected chi connectivity index (χ0v) is 22.9. The van der Waals surface area contributed by atoms with Gasteiger partial charge < -0.3 is 18.8 Å². The number of pyridine rings is 1. The van der Waals surface area contributed by atoms with Crippen LogP contribution in [0.3, 0.4) is 0 Å². The van der Waals surface area contributed by atoms with Gasteiger partial charge in [0.15, 0.2) is 0 Å². The molecule has 0 saturated carbocycles. The molecular weight excluding hydrogens is 542 g/mol. The van der Waals surface area contributed by atoms with Crippen LogP contribution >= 0.6 is 0 Å². The van der Waals surface area contributed by atoms with Crippen LogP contribution in [0.25, 0.3) is 22.2 Å². The van der Waals surface area contributed by atoms with E-state index in [0.29, 0.717) is 47.6 Å². The van der Waals surface area contributed by atoms with Crippen LogP contribution < -0.4 is 4.74 Å². The first-order chi connectivity index (χ1) is 20.4. The van der Waals surface area contributed by atoms with Gasteiger partial charge in [-0.05, 0) is 54.1 Å². The quantitative estimate of drug-likeness (QED) is 0.195. The molecule has 0 aliphatic rings. The molecule has 5 rings (SSSR count). The van der Waals surface area contributed by atoms with Crippen LogP contribution in [0.1, 0.15) is 32.9 Å². The second-order valence-electron chi connectivity index (χ2n) is 9.42. The number of ether oxygens (including phenoxy) is 3. The van der Waals surface area contributed by atoms with Gasteiger partial charge in [-0.3, -0.25) is 0 Å². The molecule has 0 fully saturated rings. The van der Waals surface area contributed by atoms with E-state index in [1.807, 2.05) is 10.6 Å². The highest BCUT2D eigenvalue weighted by molar-refractivity contribution is 5.93. The molecule has 42 heavy (non-hydrogen) atoms. The highest BCUT2D eigenvalue weighted by Crippen LogP contribution is 2.32. The molecule has 8 nitrogen and oxygen atoms in total. The summed E-state index contributed by atoms with van der Waals surface area (Å²) in [5.41, 5.74) is 3.68. The van der Waals surface area contributed by atoms with Crippen LogP contribution in [-0.2, 0) is 29.0 Å². The third kappa shape index (κ3) is 5.96. The third-order valence-corrected chi connectivity index (χ3v) is 6.77.